The Morgan fingerprint density at radius 3 is 2.34 bits per heavy atom. The summed E-state index contributed by atoms with van der Waals surface area (Å²) in [5.74, 6) is 0.260. The number of nitrogens with zero attached hydrogens (tertiary/aromatic N) is 1. The summed E-state index contributed by atoms with van der Waals surface area (Å²) in [7, 11) is 0. The van der Waals surface area contributed by atoms with Crippen LogP contribution >= 0.6 is 15.9 Å². The quantitative estimate of drug-likeness (QED) is 0.546. The van der Waals surface area contributed by atoms with E-state index in [1.165, 1.54) is 0 Å². The molecule has 2 rings (SSSR count). The molecule has 0 aliphatic heterocycles. The minimum atomic E-state index is -0.547. The molecule has 2 aromatic rings. The lowest BCUT2D eigenvalue weighted by molar-refractivity contribution is -0.141. The molecule has 29 heavy (non-hydrogen) atoms. The molecule has 0 unspecified atom stereocenters. The smallest absolute Gasteiger partial charge is 0.243 e. The summed E-state index contributed by atoms with van der Waals surface area (Å²) in [6.45, 7) is 7.11. The lowest BCUT2D eigenvalue weighted by Crippen LogP contribution is -2.51. The zero-order valence-corrected chi connectivity index (χ0v) is 19.1. The van der Waals surface area contributed by atoms with Crippen molar-refractivity contribution in [2.75, 3.05) is 6.54 Å². The SMILES string of the molecule is CCCC(=O)N(Cc1cccc(Br)c1)[C@H](Cc1ccccc1)C(=O)NCC(C)C. The number of carbonyl (C=O) groups is 2. The molecular formula is C24H31BrN2O2. The number of benzene rings is 2. The van der Waals surface area contributed by atoms with E-state index in [0.29, 0.717) is 31.8 Å². The van der Waals surface area contributed by atoms with Crippen molar-refractivity contribution in [1.82, 2.24) is 10.2 Å². The van der Waals surface area contributed by atoms with Gasteiger partial charge in [0.25, 0.3) is 0 Å². The van der Waals surface area contributed by atoms with Crippen LogP contribution in [0.2, 0.25) is 0 Å². The molecule has 0 radical (unpaired) electrons. The molecule has 2 amide bonds. The van der Waals surface area contributed by atoms with Crippen molar-refractivity contribution in [3.63, 3.8) is 0 Å². The van der Waals surface area contributed by atoms with Gasteiger partial charge in [-0.15, -0.1) is 0 Å². The van der Waals surface area contributed by atoms with Crippen LogP contribution in [-0.2, 0) is 22.6 Å². The fourth-order valence-corrected chi connectivity index (χ4v) is 3.61. The van der Waals surface area contributed by atoms with E-state index >= 15 is 0 Å². The Morgan fingerprint density at radius 1 is 1.03 bits per heavy atom. The molecule has 5 heteroatoms. The normalized spacial score (nSPS) is 11.9. The van der Waals surface area contributed by atoms with Crippen molar-refractivity contribution < 1.29 is 9.59 Å². The molecule has 0 aliphatic rings. The van der Waals surface area contributed by atoms with Gasteiger partial charge >= 0.3 is 0 Å². The van der Waals surface area contributed by atoms with Gasteiger partial charge in [-0.25, -0.2) is 0 Å². The Balaban J connectivity index is 2.34. The Hall–Kier alpha value is -2.14. The number of halogens is 1. The molecule has 1 N–H and O–H groups in total. The summed E-state index contributed by atoms with van der Waals surface area (Å²) < 4.78 is 0.960. The number of amides is 2. The third-order valence-electron chi connectivity index (χ3n) is 4.66. The van der Waals surface area contributed by atoms with Crippen LogP contribution < -0.4 is 5.32 Å². The van der Waals surface area contributed by atoms with E-state index in [9.17, 15) is 9.59 Å². The number of nitrogens with one attached hydrogen (secondary N) is 1. The van der Waals surface area contributed by atoms with E-state index in [1.807, 2.05) is 61.5 Å². The van der Waals surface area contributed by atoms with Gasteiger partial charge in [0, 0.05) is 30.4 Å². The maximum absolute atomic E-state index is 13.1. The Kier molecular flexibility index (Phi) is 9.39. The molecule has 0 aromatic heterocycles. The first-order valence-corrected chi connectivity index (χ1v) is 11.1. The van der Waals surface area contributed by atoms with Crippen molar-refractivity contribution in [3.8, 4) is 0 Å². The highest BCUT2D eigenvalue weighted by Gasteiger charge is 2.29. The Bertz CT molecular complexity index is 792. The first-order valence-electron chi connectivity index (χ1n) is 10.3. The topological polar surface area (TPSA) is 49.4 Å². The van der Waals surface area contributed by atoms with Crippen LogP contribution in [0, 0.1) is 5.92 Å². The fraction of sp³-hybridized carbons (Fsp3) is 0.417. The van der Waals surface area contributed by atoms with Crippen molar-refractivity contribution in [1.29, 1.82) is 0 Å². The highest BCUT2D eigenvalue weighted by atomic mass is 79.9. The number of rotatable bonds is 10. The molecule has 0 bridgehead atoms. The summed E-state index contributed by atoms with van der Waals surface area (Å²) in [6.07, 6.45) is 1.67. The lowest BCUT2D eigenvalue weighted by Gasteiger charge is -2.32. The molecular weight excluding hydrogens is 428 g/mol. The highest BCUT2D eigenvalue weighted by molar-refractivity contribution is 9.10. The second-order valence-electron chi connectivity index (χ2n) is 7.75. The van der Waals surface area contributed by atoms with E-state index in [4.69, 9.17) is 0 Å². The molecule has 4 nitrogen and oxygen atoms in total. The summed E-state index contributed by atoms with van der Waals surface area (Å²) in [5, 5.41) is 3.03. The van der Waals surface area contributed by atoms with E-state index in [-0.39, 0.29) is 11.8 Å². The van der Waals surface area contributed by atoms with E-state index in [2.05, 4.69) is 35.1 Å². The van der Waals surface area contributed by atoms with Crippen molar-refractivity contribution >= 4 is 27.7 Å². The molecule has 0 saturated carbocycles. The van der Waals surface area contributed by atoms with Gasteiger partial charge in [0.05, 0.1) is 0 Å². The molecule has 1 atom stereocenters. The van der Waals surface area contributed by atoms with Gasteiger partial charge < -0.3 is 10.2 Å². The third kappa shape index (κ3) is 7.65. The summed E-state index contributed by atoms with van der Waals surface area (Å²) in [6, 6.07) is 17.2. The standard InChI is InChI=1S/C24H31BrN2O2/c1-4-9-23(28)27(17-20-12-8-13-21(25)14-20)22(24(29)26-16-18(2)3)15-19-10-6-5-7-11-19/h5-8,10-14,18,22H,4,9,15-17H2,1-3H3,(H,26,29)/t22-/m1/s1. The van der Waals surface area contributed by atoms with Crippen LogP contribution in [0.3, 0.4) is 0 Å². The van der Waals surface area contributed by atoms with Crippen LogP contribution in [0.4, 0.5) is 0 Å². The van der Waals surface area contributed by atoms with Gasteiger partial charge in [-0.2, -0.15) is 0 Å². The number of carbonyl (C=O) groups excluding carboxylic acids is 2. The molecule has 0 heterocycles. The van der Waals surface area contributed by atoms with Gasteiger partial charge in [-0.3, -0.25) is 9.59 Å². The molecule has 2 aromatic carbocycles. The van der Waals surface area contributed by atoms with Crippen molar-refractivity contribution in [2.45, 2.75) is 52.6 Å². The summed E-state index contributed by atoms with van der Waals surface area (Å²) >= 11 is 3.50. The molecule has 0 spiro atoms. The third-order valence-corrected chi connectivity index (χ3v) is 5.15. The van der Waals surface area contributed by atoms with E-state index in [1.54, 1.807) is 4.90 Å². The molecule has 156 valence electrons. The van der Waals surface area contributed by atoms with Gasteiger partial charge in [-0.1, -0.05) is 79.2 Å². The zero-order valence-electron chi connectivity index (χ0n) is 17.5. The predicted molar refractivity (Wildman–Crippen MR) is 121 cm³/mol. The van der Waals surface area contributed by atoms with Crippen LogP contribution in [0.1, 0.15) is 44.7 Å². The van der Waals surface area contributed by atoms with Gasteiger partial charge in [0.1, 0.15) is 6.04 Å². The van der Waals surface area contributed by atoms with Gasteiger partial charge in [-0.05, 0) is 35.6 Å². The van der Waals surface area contributed by atoms with Crippen LogP contribution in [0.5, 0.6) is 0 Å². The van der Waals surface area contributed by atoms with Crippen molar-refractivity contribution in [3.05, 3.63) is 70.2 Å². The maximum Gasteiger partial charge on any atom is 0.243 e. The maximum atomic E-state index is 13.1. The number of hydrogen-bond donors (Lipinski definition) is 1. The van der Waals surface area contributed by atoms with E-state index in [0.717, 1.165) is 22.0 Å². The minimum absolute atomic E-state index is 0.00750. The first-order chi connectivity index (χ1) is 13.9. The first kappa shape index (κ1) is 23.1. The van der Waals surface area contributed by atoms with Gasteiger partial charge in [0.15, 0.2) is 0 Å². The van der Waals surface area contributed by atoms with Crippen LogP contribution in [0.25, 0.3) is 0 Å². The monoisotopic (exact) mass is 458 g/mol. The Labute approximate surface area is 182 Å². The largest absolute Gasteiger partial charge is 0.354 e. The average molecular weight is 459 g/mol. The van der Waals surface area contributed by atoms with Crippen LogP contribution in [0.15, 0.2) is 59.1 Å². The molecule has 0 fully saturated rings. The molecule has 0 aliphatic carbocycles. The van der Waals surface area contributed by atoms with Crippen LogP contribution in [-0.4, -0.2) is 29.3 Å². The predicted octanol–water partition coefficient (Wildman–Crippen LogP) is 4.96. The number of hydrogen-bond acceptors (Lipinski definition) is 2. The highest BCUT2D eigenvalue weighted by Crippen LogP contribution is 2.18. The lowest BCUT2D eigenvalue weighted by atomic mass is 10.0. The summed E-state index contributed by atoms with van der Waals surface area (Å²) in [4.78, 5) is 27.9. The van der Waals surface area contributed by atoms with Gasteiger partial charge in [0.2, 0.25) is 11.8 Å². The van der Waals surface area contributed by atoms with E-state index < -0.39 is 6.04 Å². The Morgan fingerprint density at radius 2 is 1.72 bits per heavy atom. The molecule has 0 saturated heterocycles. The second kappa shape index (κ2) is 11.8. The van der Waals surface area contributed by atoms with Crippen molar-refractivity contribution in [2.24, 2.45) is 5.92 Å². The summed E-state index contributed by atoms with van der Waals surface area (Å²) in [5.41, 5.74) is 2.04. The zero-order chi connectivity index (χ0) is 21.2. The minimum Gasteiger partial charge on any atom is -0.354 e. The second-order valence-corrected chi connectivity index (χ2v) is 8.66. The average Bonchev–Trinajstić information content (AvgIpc) is 2.69. The fourth-order valence-electron chi connectivity index (χ4n) is 3.17.